The minimum atomic E-state index is -0.233. The number of carbonyl (C=O) groups is 1. The number of aromatic nitrogens is 4. The van der Waals surface area contributed by atoms with E-state index in [2.05, 4.69) is 38.3 Å². The van der Waals surface area contributed by atoms with Crippen molar-refractivity contribution in [2.24, 2.45) is 5.92 Å². The van der Waals surface area contributed by atoms with E-state index in [4.69, 9.17) is 0 Å². The zero-order valence-corrected chi connectivity index (χ0v) is 15.8. The van der Waals surface area contributed by atoms with Gasteiger partial charge in [0.1, 0.15) is 0 Å². The topological polar surface area (TPSA) is 84.7 Å². The average molecular weight is 368 g/mol. The van der Waals surface area contributed by atoms with Gasteiger partial charge in [0.15, 0.2) is 5.82 Å². The number of hydrogen-bond donors (Lipinski definition) is 2. The number of nitrogens with one attached hydrogen (secondary N) is 2. The zero-order chi connectivity index (χ0) is 18.6. The second kappa shape index (κ2) is 8.06. The standard InChI is InChI=1S/C20H28N6O/c1-14(19-23-24-25-26(19)17-11-12-17)21-20(27)22-18(13-15-7-5-6-8-15)16-9-3-2-4-10-16/h2-4,9-10,14-15,17-18H,5-8,11-13H2,1H3,(H2,21,22,27). The van der Waals surface area contributed by atoms with E-state index in [9.17, 15) is 4.79 Å². The first-order chi connectivity index (χ1) is 13.2. The van der Waals surface area contributed by atoms with Crippen molar-refractivity contribution < 1.29 is 4.79 Å². The van der Waals surface area contributed by atoms with Gasteiger partial charge < -0.3 is 10.6 Å². The van der Waals surface area contributed by atoms with Gasteiger partial charge in [-0.15, -0.1) is 5.10 Å². The minimum absolute atomic E-state index is 0.0286. The third-order valence-corrected chi connectivity index (χ3v) is 5.70. The number of carbonyl (C=O) groups excluding carboxylic acids is 1. The second-order valence-electron chi connectivity index (χ2n) is 7.90. The van der Waals surface area contributed by atoms with E-state index in [1.165, 1.54) is 25.7 Å². The van der Waals surface area contributed by atoms with Crippen LogP contribution >= 0.6 is 0 Å². The molecule has 144 valence electrons. The van der Waals surface area contributed by atoms with E-state index in [1.807, 2.05) is 29.8 Å². The lowest BCUT2D eigenvalue weighted by molar-refractivity contribution is 0.230. The van der Waals surface area contributed by atoms with E-state index in [1.54, 1.807) is 0 Å². The zero-order valence-electron chi connectivity index (χ0n) is 15.8. The van der Waals surface area contributed by atoms with Crippen LogP contribution in [0.3, 0.4) is 0 Å². The minimum Gasteiger partial charge on any atom is -0.331 e. The monoisotopic (exact) mass is 368 g/mol. The molecule has 2 aromatic rings. The third kappa shape index (κ3) is 4.46. The van der Waals surface area contributed by atoms with Crippen LogP contribution in [0, 0.1) is 5.92 Å². The van der Waals surface area contributed by atoms with Crippen LogP contribution in [0.4, 0.5) is 4.79 Å². The van der Waals surface area contributed by atoms with Crippen LogP contribution in [-0.2, 0) is 0 Å². The van der Waals surface area contributed by atoms with Gasteiger partial charge in [0.25, 0.3) is 0 Å². The van der Waals surface area contributed by atoms with Gasteiger partial charge in [-0.05, 0) is 48.1 Å². The summed E-state index contributed by atoms with van der Waals surface area (Å²) in [7, 11) is 0. The molecule has 2 N–H and O–H groups in total. The van der Waals surface area contributed by atoms with E-state index in [0.29, 0.717) is 12.0 Å². The lowest BCUT2D eigenvalue weighted by atomic mass is 9.93. The predicted molar refractivity (Wildman–Crippen MR) is 102 cm³/mol. The van der Waals surface area contributed by atoms with Crippen LogP contribution in [0.25, 0.3) is 0 Å². The second-order valence-corrected chi connectivity index (χ2v) is 7.90. The summed E-state index contributed by atoms with van der Waals surface area (Å²) >= 11 is 0. The van der Waals surface area contributed by atoms with Gasteiger partial charge in [-0.2, -0.15) is 0 Å². The number of hydrogen-bond acceptors (Lipinski definition) is 4. The number of amides is 2. The Balaban J connectivity index is 1.40. The fourth-order valence-electron chi connectivity index (χ4n) is 4.07. The van der Waals surface area contributed by atoms with Crippen LogP contribution in [-0.4, -0.2) is 26.2 Å². The largest absolute Gasteiger partial charge is 0.331 e. The van der Waals surface area contributed by atoms with Gasteiger partial charge in [0.05, 0.1) is 18.1 Å². The molecule has 2 unspecified atom stereocenters. The Morgan fingerprint density at radius 3 is 2.59 bits per heavy atom. The molecule has 1 aromatic carbocycles. The Kier molecular flexibility index (Phi) is 5.36. The molecule has 2 atom stereocenters. The fourth-order valence-corrected chi connectivity index (χ4v) is 4.07. The maximum atomic E-state index is 12.7. The molecule has 1 aromatic heterocycles. The Bertz CT molecular complexity index is 751. The Hall–Kier alpha value is -2.44. The Morgan fingerprint density at radius 1 is 1.15 bits per heavy atom. The Labute approximate surface area is 159 Å². The SMILES string of the molecule is CC(NC(=O)NC(CC1CCCC1)c1ccccc1)c1nnnn1C1CC1. The number of urea groups is 1. The highest BCUT2D eigenvalue weighted by Gasteiger charge is 2.30. The van der Waals surface area contributed by atoms with Gasteiger partial charge in [0.2, 0.25) is 0 Å². The highest BCUT2D eigenvalue weighted by atomic mass is 16.2. The normalized spacial score (nSPS) is 19.6. The van der Waals surface area contributed by atoms with Gasteiger partial charge in [0, 0.05) is 0 Å². The molecular weight excluding hydrogens is 340 g/mol. The van der Waals surface area contributed by atoms with Gasteiger partial charge in [-0.25, -0.2) is 9.48 Å². The molecule has 0 spiro atoms. The molecule has 7 heteroatoms. The number of rotatable bonds is 7. The van der Waals surface area contributed by atoms with Crippen molar-refractivity contribution in [3.63, 3.8) is 0 Å². The van der Waals surface area contributed by atoms with Crippen molar-refractivity contribution >= 4 is 6.03 Å². The van der Waals surface area contributed by atoms with Crippen molar-refractivity contribution in [1.82, 2.24) is 30.8 Å². The lowest BCUT2D eigenvalue weighted by Gasteiger charge is -2.24. The van der Waals surface area contributed by atoms with E-state index in [0.717, 1.165) is 30.7 Å². The number of tetrazole rings is 1. The molecule has 0 radical (unpaired) electrons. The quantitative estimate of drug-likeness (QED) is 0.780. The molecule has 7 nitrogen and oxygen atoms in total. The molecule has 4 rings (SSSR count). The number of nitrogens with zero attached hydrogens (tertiary/aromatic N) is 4. The maximum Gasteiger partial charge on any atom is 0.315 e. The maximum absolute atomic E-state index is 12.7. The molecule has 2 saturated carbocycles. The summed E-state index contributed by atoms with van der Waals surface area (Å²) in [5.74, 6) is 1.41. The summed E-state index contributed by atoms with van der Waals surface area (Å²) in [6.07, 6.45) is 8.34. The van der Waals surface area contributed by atoms with Crippen molar-refractivity contribution in [3.05, 3.63) is 41.7 Å². The molecule has 27 heavy (non-hydrogen) atoms. The first kappa shape index (κ1) is 17.9. The smallest absolute Gasteiger partial charge is 0.315 e. The summed E-state index contributed by atoms with van der Waals surface area (Å²) in [5.41, 5.74) is 1.16. The van der Waals surface area contributed by atoms with E-state index < -0.39 is 0 Å². The third-order valence-electron chi connectivity index (χ3n) is 5.70. The first-order valence-electron chi connectivity index (χ1n) is 10.1. The van der Waals surface area contributed by atoms with Crippen LogP contribution in [0.1, 0.15) is 81.4 Å². The van der Waals surface area contributed by atoms with Crippen LogP contribution in [0.5, 0.6) is 0 Å². The summed E-state index contributed by atoms with van der Waals surface area (Å²) < 4.78 is 1.85. The molecular formula is C20H28N6O. The van der Waals surface area contributed by atoms with Crippen LogP contribution in [0.2, 0.25) is 0 Å². The first-order valence-corrected chi connectivity index (χ1v) is 10.1. The summed E-state index contributed by atoms with van der Waals surface area (Å²) in [6, 6.07) is 10.3. The van der Waals surface area contributed by atoms with Crippen molar-refractivity contribution in [2.75, 3.05) is 0 Å². The van der Waals surface area contributed by atoms with E-state index >= 15 is 0 Å². The highest BCUT2D eigenvalue weighted by molar-refractivity contribution is 5.74. The molecule has 1 heterocycles. The molecule has 0 aliphatic heterocycles. The predicted octanol–water partition coefficient (Wildman–Crippen LogP) is 3.69. The number of benzene rings is 1. The molecule has 2 aliphatic carbocycles. The van der Waals surface area contributed by atoms with Crippen molar-refractivity contribution in [3.8, 4) is 0 Å². The van der Waals surface area contributed by atoms with Crippen LogP contribution in [0.15, 0.2) is 30.3 Å². The summed E-state index contributed by atoms with van der Waals surface area (Å²) in [5, 5.41) is 18.2. The lowest BCUT2D eigenvalue weighted by Crippen LogP contribution is -2.40. The molecule has 0 bridgehead atoms. The van der Waals surface area contributed by atoms with Gasteiger partial charge in [-0.3, -0.25) is 0 Å². The summed E-state index contributed by atoms with van der Waals surface area (Å²) in [4.78, 5) is 12.7. The Morgan fingerprint density at radius 2 is 1.89 bits per heavy atom. The van der Waals surface area contributed by atoms with E-state index in [-0.39, 0.29) is 18.1 Å². The molecule has 2 fully saturated rings. The van der Waals surface area contributed by atoms with Crippen LogP contribution < -0.4 is 10.6 Å². The van der Waals surface area contributed by atoms with Crippen molar-refractivity contribution in [2.45, 2.75) is 70.0 Å². The van der Waals surface area contributed by atoms with Gasteiger partial charge >= 0.3 is 6.03 Å². The van der Waals surface area contributed by atoms with Crippen molar-refractivity contribution in [1.29, 1.82) is 0 Å². The molecule has 0 saturated heterocycles. The highest BCUT2D eigenvalue weighted by Crippen LogP contribution is 2.35. The fraction of sp³-hybridized carbons (Fsp3) is 0.600. The average Bonchev–Trinajstić information content (AvgIpc) is 3.18. The van der Waals surface area contributed by atoms with Gasteiger partial charge in [-0.1, -0.05) is 56.0 Å². The summed E-state index contributed by atoms with van der Waals surface area (Å²) in [6.45, 7) is 1.93. The molecule has 2 aliphatic rings. The molecule has 2 amide bonds.